The highest BCUT2D eigenvalue weighted by Crippen LogP contribution is 2.23. The Labute approximate surface area is 202 Å². The predicted octanol–water partition coefficient (Wildman–Crippen LogP) is 3.09. The van der Waals surface area contributed by atoms with Crippen molar-refractivity contribution in [2.75, 3.05) is 12.3 Å². The lowest BCUT2D eigenvalue weighted by molar-refractivity contribution is -0.158. The highest BCUT2D eigenvalue weighted by Gasteiger charge is 2.40. The Bertz CT molecular complexity index is 1070. The van der Waals surface area contributed by atoms with E-state index in [2.05, 4.69) is 5.32 Å². The third-order valence-corrected chi connectivity index (χ3v) is 7.52. The van der Waals surface area contributed by atoms with E-state index in [-0.39, 0.29) is 12.2 Å². The number of carbonyl (C=O) groups is 2. The number of esters is 1. The van der Waals surface area contributed by atoms with Crippen molar-refractivity contribution in [1.82, 2.24) is 9.62 Å². The van der Waals surface area contributed by atoms with E-state index in [4.69, 9.17) is 4.74 Å². The van der Waals surface area contributed by atoms with Crippen molar-refractivity contribution in [3.05, 3.63) is 71.8 Å². The SMILES string of the molecule is CC(C)(C)OC(=O)[C@H](Cc1ccccc1)NC(=O)[C@@H]1CCCN1S(=O)(=O)CCc1ccccc1. The molecule has 1 aliphatic rings. The normalized spacial score (nSPS) is 17.8. The van der Waals surface area contributed by atoms with Gasteiger partial charge >= 0.3 is 5.97 Å². The molecule has 2 aromatic carbocycles. The average molecular weight is 487 g/mol. The second-order valence-corrected chi connectivity index (χ2v) is 11.6. The van der Waals surface area contributed by atoms with Crippen LogP contribution in [0, 0.1) is 0 Å². The summed E-state index contributed by atoms with van der Waals surface area (Å²) >= 11 is 0. The van der Waals surface area contributed by atoms with Crippen LogP contribution in [0.5, 0.6) is 0 Å². The molecular weight excluding hydrogens is 452 g/mol. The second-order valence-electron chi connectivity index (χ2n) is 9.60. The second kappa shape index (κ2) is 11.1. The van der Waals surface area contributed by atoms with Crippen molar-refractivity contribution in [3.63, 3.8) is 0 Å². The standard InChI is InChI=1S/C26H34N2O5S/c1-26(2,3)33-25(30)22(19-21-13-8-5-9-14-21)27-24(29)23-15-10-17-28(23)34(31,32)18-16-20-11-6-4-7-12-20/h4-9,11-14,22-23H,10,15-19H2,1-3H3,(H,27,29)/t22-,23-/m0/s1. The fourth-order valence-electron chi connectivity index (χ4n) is 4.03. The van der Waals surface area contributed by atoms with Gasteiger partial charge < -0.3 is 10.1 Å². The van der Waals surface area contributed by atoms with E-state index < -0.39 is 39.6 Å². The Balaban J connectivity index is 1.71. The van der Waals surface area contributed by atoms with Gasteiger partial charge in [0.25, 0.3) is 0 Å². The minimum atomic E-state index is -3.64. The lowest BCUT2D eigenvalue weighted by Gasteiger charge is -2.27. The molecule has 0 saturated carbocycles. The van der Waals surface area contributed by atoms with Crippen molar-refractivity contribution in [2.24, 2.45) is 0 Å². The first-order valence-corrected chi connectivity index (χ1v) is 13.3. The van der Waals surface area contributed by atoms with Crippen LogP contribution in [-0.4, -0.2) is 54.6 Å². The Hall–Kier alpha value is -2.71. The quantitative estimate of drug-likeness (QED) is 0.550. The van der Waals surface area contributed by atoms with Crippen LogP contribution in [0.25, 0.3) is 0 Å². The lowest BCUT2D eigenvalue weighted by atomic mass is 10.0. The fraction of sp³-hybridized carbons (Fsp3) is 0.462. The van der Waals surface area contributed by atoms with Gasteiger partial charge in [-0.05, 0) is 51.2 Å². The fourth-order valence-corrected chi connectivity index (χ4v) is 5.75. The van der Waals surface area contributed by atoms with Crippen LogP contribution >= 0.6 is 0 Å². The summed E-state index contributed by atoms with van der Waals surface area (Å²) in [4.78, 5) is 26.1. The molecule has 1 fully saturated rings. The highest BCUT2D eigenvalue weighted by molar-refractivity contribution is 7.89. The van der Waals surface area contributed by atoms with E-state index in [1.807, 2.05) is 60.7 Å². The molecule has 0 aliphatic carbocycles. The van der Waals surface area contributed by atoms with Gasteiger partial charge in [-0.2, -0.15) is 4.31 Å². The van der Waals surface area contributed by atoms with Crippen molar-refractivity contribution in [2.45, 2.75) is 64.1 Å². The number of amides is 1. The van der Waals surface area contributed by atoms with Crippen molar-refractivity contribution in [3.8, 4) is 0 Å². The van der Waals surface area contributed by atoms with Gasteiger partial charge in [-0.1, -0.05) is 60.7 Å². The molecule has 0 bridgehead atoms. The maximum absolute atomic E-state index is 13.2. The van der Waals surface area contributed by atoms with Crippen molar-refractivity contribution in [1.29, 1.82) is 0 Å². The summed E-state index contributed by atoms with van der Waals surface area (Å²) in [5, 5.41) is 2.79. The number of benzene rings is 2. The number of ether oxygens (including phenoxy) is 1. The van der Waals surface area contributed by atoms with Crippen LogP contribution in [0.4, 0.5) is 0 Å². The van der Waals surface area contributed by atoms with Gasteiger partial charge in [-0.25, -0.2) is 13.2 Å². The first-order chi connectivity index (χ1) is 16.0. The van der Waals surface area contributed by atoms with Gasteiger partial charge in [0.2, 0.25) is 15.9 Å². The van der Waals surface area contributed by atoms with Crippen molar-refractivity contribution < 1.29 is 22.7 Å². The van der Waals surface area contributed by atoms with Crippen LogP contribution in [0.1, 0.15) is 44.7 Å². The molecule has 1 aliphatic heterocycles. The molecule has 1 saturated heterocycles. The summed E-state index contributed by atoms with van der Waals surface area (Å²) in [6.07, 6.45) is 1.65. The Morgan fingerprint density at radius 1 is 1.03 bits per heavy atom. The van der Waals surface area contributed by atoms with Gasteiger partial charge in [0.1, 0.15) is 17.7 Å². The Morgan fingerprint density at radius 3 is 2.21 bits per heavy atom. The number of aryl methyl sites for hydroxylation is 1. The molecular formula is C26H34N2O5S. The summed E-state index contributed by atoms with van der Waals surface area (Å²) in [5.41, 5.74) is 1.09. The van der Waals surface area contributed by atoms with E-state index in [0.29, 0.717) is 25.8 Å². The van der Waals surface area contributed by atoms with Gasteiger partial charge in [0.05, 0.1) is 5.75 Å². The summed E-state index contributed by atoms with van der Waals surface area (Å²) in [6.45, 7) is 5.60. The zero-order valence-electron chi connectivity index (χ0n) is 20.1. The molecule has 3 rings (SSSR count). The maximum atomic E-state index is 13.2. The minimum absolute atomic E-state index is 0.0691. The lowest BCUT2D eigenvalue weighted by Crippen LogP contribution is -2.52. The third kappa shape index (κ3) is 7.40. The molecule has 2 atom stereocenters. The molecule has 8 heteroatoms. The Morgan fingerprint density at radius 2 is 1.62 bits per heavy atom. The first kappa shape index (κ1) is 25.9. The van der Waals surface area contributed by atoms with E-state index in [9.17, 15) is 18.0 Å². The van der Waals surface area contributed by atoms with Gasteiger partial charge in [-0.15, -0.1) is 0 Å². The van der Waals surface area contributed by atoms with Gasteiger partial charge in [-0.3, -0.25) is 4.79 Å². The Kier molecular flexibility index (Phi) is 8.49. The first-order valence-electron chi connectivity index (χ1n) is 11.7. The number of sulfonamides is 1. The molecule has 2 aromatic rings. The van der Waals surface area contributed by atoms with Crippen LogP contribution in [0.15, 0.2) is 60.7 Å². The zero-order valence-corrected chi connectivity index (χ0v) is 20.9. The number of carbonyl (C=O) groups excluding carboxylic acids is 2. The van der Waals surface area contributed by atoms with Crippen LogP contribution < -0.4 is 5.32 Å². The molecule has 0 spiro atoms. The third-order valence-electron chi connectivity index (χ3n) is 5.65. The van der Waals surface area contributed by atoms with E-state index in [1.54, 1.807) is 20.8 Å². The minimum Gasteiger partial charge on any atom is -0.458 e. The summed E-state index contributed by atoms with van der Waals surface area (Å²) in [5.74, 6) is -1.07. The summed E-state index contributed by atoms with van der Waals surface area (Å²) in [6, 6.07) is 17.0. The zero-order chi connectivity index (χ0) is 24.8. The largest absolute Gasteiger partial charge is 0.458 e. The molecule has 34 heavy (non-hydrogen) atoms. The number of nitrogens with zero attached hydrogens (tertiary/aromatic N) is 1. The highest BCUT2D eigenvalue weighted by atomic mass is 32.2. The molecule has 184 valence electrons. The molecule has 0 radical (unpaired) electrons. The van der Waals surface area contributed by atoms with Crippen LogP contribution in [0.2, 0.25) is 0 Å². The van der Waals surface area contributed by atoms with E-state index in [0.717, 1.165) is 11.1 Å². The summed E-state index contributed by atoms with van der Waals surface area (Å²) in [7, 11) is -3.64. The monoisotopic (exact) mass is 486 g/mol. The maximum Gasteiger partial charge on any atom is 0.329 e. The predicted molar refractivity (Wildman–Crippen MR) is 132 cm³/mol. The molecule has 0 unspecified atom stereocenters. The number of hydrogen-bond acceptors (Lipinski definition) is 5. The van der Waals surface area contributed by atoms with Crippen LogP contribution in [-0.2, 0) is 37.2 Å². The molecule has 7 nitrogen and oxygen atoms in total. The molecule has 1 heterocycles. The van der Waals surface area contributed by atoms with Gasteiger partial charge in [0, 0.05) is 13.0 Å². The van der Waals surface area contributed by atoms with E-state index >= 15 is 0 Å². The molecule has 1 N–H and O–H groups in total. The smallest absolute Gasteiger partial charge is 0.329 e. The van der Waals surface area contributed by atoms with Crippen molar-refractivity contribution >= 4 is 21.9 Å². The average Bonchev–Trinajstić information content (AvgIpc) is 3.29. The molecule has 1 amide bonds. The molecule has 0 aromatic heterocycles. The van der Waals surface area contributed by atoms with E-state index in [1.165, 1.54) is 4.31 Å². The number of hydrogen-bond donors (Lipinski definition) is 1. The van der Waals surface area contributed by atoms with Gasteiger partial charge in [0.15, 0.2) is 0 Å². The summed E-state index contributed by atoms with van der Waals surface area (Å²) < 4.78 is 33.0. The topological polar surface area (TPSA) is 92.8 Å². The number of nitrogens with one attached hydrogen (secondary N) is 1. The van der Waals surface area contributed by atoms with Crippen LogP contribution in [0.3, 0.4) is 0 Å². The number of rotatable bonds is 9.